The van der Waals surface area contributed by atoms with E-state index in [-0.39, 0.29) is 11.5 Å². The summed E-state index contributed by atoms with van der Waals surface area (Å²) in [4.78, 5) is 12.9. The van der Waals surface area contributed by atoms with Crippen molar-refractivity contribution < 1.29 is 33.2 Å². The van der Waals surface area contributed by atoms with Crippen molar-refractivity contribution in [2.24, 2.45) is 0 Å². The van der Waals surface area contributed by atoms with Crippen molar-refractivity contribution in [1.82, 2.24) is 0 Å². The number of Topliss-reactive ketones (excluding diaryl/α,β-unsaturated/α-hetero) is 1. The summed E-state index contributed by atoms with van der Waals surface area (Å²) >= 11 is 0. The number of carbonyl (C=O) groups excluding carboxylic acids is 1. The number of allylic oxidation sites excluding steroid dienone is 1. The third-order valence-corrected chi connectivity index (χ3v) is 5.23. The Morgan fingerprint density at radius 3 is 2.09 bits per heavy atom. The van der Waals surface area contributed by atoms with Crippen molar-refractivity contribution in [2.45, 2.75) is 6.61 Å². The predicted octanol–water partition coefficient (Wildman–Crippen LogP) is 4.92. The lowest BCUT2D eigenvalue weighted by molar-refractivity contribution is 0.101. The second-order valence-electron chi connectivity index (χ2n) is 7.18. The lowest BCUT2D eigenvalue weighted by Gasteiger charge is -2.12. The molecule has 0 saturated carbocycles. The Hall–Kier alpha value is -4.13. The molecule has 3 aromatic rings. The molecule has 1 heterocycles. The molecule has 7 nitrogen and oxygen atoms in total. The molecule has 3 aromatic carbocycles. The monoisotopic (exact) mass is 448 g/mol. The smallest absolute Gasteiger partial charge is 0.231 e. The average molecular weight is 448 g/mol. The number of rotatable bonds is 8. The summed E-state index contributed by atoms with van der Waals surface area (Å²) < 4.78 is 33.0. The van der Waals surface area contributed by atoms with Crippen LogP contribution in [0.2, 0.25) is 0 Å². The minimum absolute atomic E-state index is 0.183. The minimum atomic E-state index is -0.219. The molecule has 0 unspecified atom stereocenters. The first-order valence-corrected chi connectivity index (χ1v) is 10.2. The largest absolute Gasteiger partial charge is 0.497 e. The predicted molar refractivity (Wildman–Crippen MR) is 123 cm³/mol. The molecule has 4 rings (SSSR count). The zero-order valence-corrected chi connectivity index (χ0v) is 18.8. The Labute approximate surface area is 192 Å². The standard InChI is InChI=1S/C26H24O7/c1-28-18-7-5-16(6-8-18)15-32-19-9-10-20-22(13-19)33-25(26(20)27)12-17-11-23(30-3)24(31-4)14-21(17)29-2/h5-14H,15H2,1-4H3. The molecule has 0 bridgehead atoms. The third kappa shape index (κ3) is 4.57. The van der Waals surface area contributed by atoms with Crippen LogP contribution >= 0.6 is 0 Å². The molecule has 0 aromatic heterocycles. The molecule has 1 aliphatic heterocycles. The van der Waals surface area contributed by atoms with Crippen LogP contribution in [0.25, 0.3) is 6.08 Å². The zero-order chi connectivity index (χ0) is 23.4. The number of methoxy groups -OCH3 is 4. The summed E-state index contributed by atoms with van der Waals surface area (Å²) in [5.74, 6) is 3.36. The van der Waals surface area contributed by atoms with E-state index in [0.717, 1.165) is 11.3 Å². The van der Waals surface area contributed by atoms with Crippen LogP contribution in [-0.2, 0) is 6.61 Å². The normalized spacial score (nSPS) is 13.3. The molecular formula is C26H24O7. The molecular weight excluding hydrogens is 424 g/mol. The van der Waals surface area contributed by atoms with Crippen LogP contribution in [0.1, 0.15) is 21.5 Å². The van der Waals surface area contributed by atoms with Crippen LogP contribution in [0.15, 0.2) is 60.4 Å². The van der Waals surface area contributed by atoms with Crippen molar-refractivity contribution >= 4 is 11.9 Å². The van der Waals surface area contributed by atoms with Crippen LogP contribution in [0, 0.1) is 0 Å². The maximum atomic E-state index is 12.9. The number of ketones is 1. The Bertz CT molecular complexity index is 1200. The second kappa shape index (κ2) is 9.56. The van der Waals surface area contributed by atoms with Crippen LogP contribution < -0.4 is 28.4 Å². The number of hydrogen-bond acceptors (Lipinski definition) is 7. The van der Waals surface area contributed by atoms with E-state index in [0.29, 0.717) is 46.5 Å². The van der Waals surface area contributed by atoms with E-state index in [1.54, 1.807) is 64.8 Å². The molecule has 0 aliphatic carbocycles. The second-order valence-corrected chi connectivity index (χ2v) is 7.18. The van der Waals surface area contributed by atoms with E-state index in [1.807, 2.05) is 24.3 Å². The third-order valence-electron chi connectivity index (χ3n) is 5.23. The zero-order valence-electron chi connectivity index (χ0n) is 18.8. The highest BCUT2D eigenvalue weighted by molar-refractivity contribution is 6.14. The molecule has 1 aliphatic rings. The SMILES string of the molecule is COc1ccc(COc2ccc3c(c2)OC(=Cc2cc(OC)c(OC)cc2OC)C3=O)cc1. The van der Waals surface area contributed by atoms with Crippen molar-refractivity contribution in [3.05, 3.63) is 77.0 Å². The molecule has 170 valence electrons. The van der Waals surface area contributed by atoms with Crippen molar-refractivity contribution in [1.29, 1.82) is 0 Å². The Balaban J connectivity index is 1.54. The summed E-state index contributed by atoms with van der Waals surface area (Å²) in [6.07, 6.45) is 1.63. The molecule has 0 N–H and O–H groups in total. The van der Waals surface area contributed by atoms with Crippen LogP contribution in [0.5, 0.6) is 34.5 Å². The first-order valence-electron chi connectivity index (χ1n) is 10.2. The fourth-order valence-electron chi connectivity index (χ4n) is 3.45. The van der Waals surface area contributed by atoms with Gasteiger partial charge in [-0.15, -0.1) is 0 Å². The maximum absolute atomic E-state index is 12.9. The highest BCUT2D eigenvalue weighted by Crippen LogP contribution is 2.39. The number of benzene rings is 3. The quantitative estimate of drug-likeness (QED) is 0.453. The van der Waals surface area contributed by atoms with E-state index in [2.05, 4.69) is 0 Å². The van der Waals surface area contributed by atoms with Crippen molar-refractivity contribution in [3.63, 3.8) is 0 Å². The summed E-state index contributed by atoms with van der Waals surface area (Å²) in [5, 5.41) is 0. The molecule has 0 saturated heterocycles. The fraction of sp³-hybridized carbons (Fsp3) is 0.192. The van der Waals surface area contributed by atoms with Gasteiger partial charge in [-0.25, -0.2) is 0 Å². The first kappa shape index (κ1) is 22.1. The van der Waals surface area contributed by atoms with E-state index in [4.69, 9.17) is 28.4 Å². The Morgan fingerprint density at radius 2 is 1.42 bits per heavy atom. The molecule has 0 atom stereocenters. The lowest BCUT2D eigenvalue weighted by atomic mass is 10.1. The average Bonchev–Trinajstić information content (AvgIpc) is 3.16. The van der Waals surface area contributed by atoms with Gasteiger partial charge < -0.3 is 28.4 Å². The molecule has 7 heteroatoms. The molecule has 0 radical (unpaired) electrons. The van der Waals surface area contributed by atoms with E-state index >= 15 is 0 Å². The maximum Gasteiger partial charge on any atom is 0.231 e. The van der Waals surface area contributed by atoms with Gasteiger partial charge in [0.2, 0.25) is 5.78 Å². The molecule has 0 fully saturated rings. The van der Waals surface area contributed by atoms with E-state index in [9.17, 15) is 4.79 Å². The summed E-state index contributed by atoms with van der Waals surface area (Å²) in [6, 6.07) is 16.2. The van der Waals surface area contributed by atoms with Gasteiger partial charge in [-0.2, -0.15) is 0 Å². The minimum Gasteiger partial charge on any atom is -0.497 e. The van der Waals surface area contributed by atoms with Gasteiger partial charge in [-0.1, -0.05) is 12.1 Å². The number of hydrogen-bond donors (Lipinski definition) is 0. The van der Waals surface area contributed by atoms with Crippen molar-refractivity contribution in [2.75, 3.05) is 28.4 Å². The van der Waals surface area contributed by atoms with Gasteiger partial charge in [0, 0.05) is 17.7 Å². The van der Waals surface area contributed by atoms with E-state index in [1.165, 1.54) is 0 Å². The number of ether oxygens (including phenoxy) is 6. The van der Waals surface area contributed by atoms with Crippen LogP contribution in [0.4, 0.5) is 0 Å². The van der Waals surface area contributed by atoms with Gasteiger partial charge in [-0.3, -0.25) is 4.79 Å². The van der Waals surface area contributed by atoms with Crippen LogP contribution in [-0.4, -0.2) is 34.2 Å². The number of fused-ring (bicyclic) bond motifs is 1. The van der Waals surface area contributed by atoms with Gasteiger partial charge in [0.05, 0.1) is 34.0 Å². The molecule has 0 amide bonds. The first-order chi connectivity index (χ1) is 16.1. The molecule has 0 spiro atoms. The van der Waals surface area contributed by atoms with Crippen molar-refractivity contribution in [3.8, 4) is 34.5 Å². The highest BCUT2D eigenvalue weighted by Gasteiger charge is 2.28. The van der Waals surface area contributed by atoms with Gasteiger partial charge >= 0.3 is 0 Å². The Kier molecular flexibility index (Phi) is 6.40. The van der Waals surface area contributed by atoms with E-state index < -0.39 is 0 Å². The fourth-order valence-corrected chi connectivity index (χ4v) is 3.45. The van der Waals surface area contributed by atoms with Gasteiger partial charge in [0.15, 0.2) is 17.3 Å². The highest BCUT2D eigenvalue weighted by atomic mass is 16.5. The molecule has 33 heavy (non-hydrogen) atoms. The Morgan fingerprint density at radius 1 is 0.758 bits per heavy atom. The summed E-state index contributed by atoms with van der Waals surface area (Å²) in [7, 11) is 6.26. The van der Waals surface area contributed by atoms with Crippen LogP contribution in [0.3, 0.4) is 0 Å². The topological polar surface area (TPSA) is 72.5 Å². The lowest BCUT2D eigenvalue weighted by Crippen LogP contribution is -2.00. The number of carbonyl (C=O) groups is 1. The summed E-state index contributed by atoms with van der Waals surface area (Å²) in [6.45, 7) is 0.377. The van der Waals surface area contributed by atoms with Gasteiger partial charge in [0.1, 0.15) is 29.6 Å². The van der Waals surface area contributed by atoms with Gasteiger partial charge in [0.25, 0.3) is 0 Å². The van der Waals surface area contributed by atoms with Gasteiger partial charge in [-0.05, 0) is 42.0 Å². The summed E-state index contributed by atoms with van der Waals surface area (Å²) in [5.41, 5.74) is 2.09.